The molecule has 5 nitrogen and oxygen atoms in total. The third-order valence-electron chi connectivity index (χ3n) is 6.21. The van der Waals surface area contributed by atoms with Gasteiger partial charge < -0.3 is 10.2 Å². The van der Waals surface area contributed by atoms with Crippen LogP contribution < -0.4 is 10.2 Å². The quantitative estimate of drug-likeness (QED) is 0.535. The summed E-state index contributed by atoms with van der Waals surface area (Å²) in [5.41, 5.74) is 4.15. The van der Waals surface area contributed by atoms with E-state index in [1.165, 1.54) is 28.8 Å². The topological polar surface area (TPSA) is 52.7 Å². The van der Waals surface area contributed by atoms with E-state index < -0.39 is 16.5 Å². The smallest absolute Gasteiger partial charge is 0.308 e. The van der Waals surface area contributed by atoms with Crippen molar-refractivity contribution < 1.29 is 18.4 Å². The number of halogens is 2. The highest BCUT2D eigenvalue weighted by Gasteiger charge is 2.59. The fourth-order valence-corrected chi connectivity index (χ4v) is 6.07. The first-order valence-corrected chi connectivity index (χ1v) is 11.9. The highest BCUT2D eigenvalue weighted by atomic mass is 32.2. The number of hydrogen-bond acceptors (Lipinski definition) is 3. The van der Waals surface area contributed by atoms with Crippen molar-refractivity contribution in [2.75, 3.05) is 22.5 Å². The molecule has 1 saturated heterocycles. The minimum absolute atomic E-state index is 0.0589. The molecule has 0 aromatic heterocycles. The van der Waals surface area contributed by atoms with Crippen LogP contribution in [0.2, 0.25) is 0 Å². The number of rotatable bonds is 3. The summed E-state index contributed by atoms with van der Waals surface area (Å²) in [4.78, 5) is 29.2. The lowest BCUT2D eigenvalue weighted by Crippen LogP contribution is -2.51. The number of carbonyl (C=O) groups is 2. The molecule has 1 unspecified atom stereocenters. The van der Waals surface area contributed by atoms with Crippen molar-refractivity contribution in [3.63, 3.8) is 0 Å². The molecule has 1 N–H and O–H groups in total. The molecule has 2 aliphatic rings. The van der Waals surface area contributed by atoms with Crippen molar-refractivity contribution in [3.8, 4) is 0 Å². The Morgan fingerprint density at radius 1 is 1.06 bits per heavy atom. The molecule has 34 heavy (non-hydrogen) atoms. The SMILES string of the molecule is Cc1cccc(NC(=O)N2CCSC23C(=O)N(Cc2ccc(F)cc2F)c2ccc(C)cc23)c1. The molecule has 0 radical (unpaired) electrons. The van der Waals surface area contributed by atoms with Crippen molar-refractivity contribution in [3.05, 3.63) is 94.6 Å². The van der Waals surface area contributed by atoms with Gasteiger partial charge in [0.25, 0.3) is 5.91 Å². The second-order valence-corrected chi connectivity index (χ2v) is 9.88. The predicted molar refractivity (Wildman–Crippen MR) is 130 cm³/mol. The number of urea groups is 1. The van der Waals surface area contributed by atoms with Gasteiger partial charge in [-0.1, -0.05) is 35.9 Å². The monoisotopic (exact) mass is 479 g/mol. The van der Waals surface area contributed by atoms with Crippen molar-refractivity contribution in [1.29, 1.82) is 0 Å². The summed E-state index contributed by atoms with van der Waals surface area (Å²) in [7, 11) is 0. The van der Waals surface area contributed by atoms with E-state index in [-0.39, 0.29) is 24.0 Å². The molecule has 8 heteroatoms. The van der Waals surface area contributed by atoms with Crippen LogP contribution >= 0.6 is 11.8 Å². The highest BCUT2D eigenvalue weighted by Crippen LogP contribution is 2.54. The van der Waals surface area contributed by atoms with E-state index in [0.29, 0.717) is 29.2 Å². The Bertz CT molecular complexity index is 1310. The number of fused-ring (bicyclic) bond motifs is 2. The fraction of sp³-hybridized carbons (Fsp3) is 0.231. The average Bonchev–Trinajstić information content (AvgIpc) is 3.33. The molecular weight excluding hydrogens is 456 g/mol. The second-order valence-electron chi connectivity index (χ2n) is 8.59. The maximum atomic E-state index is 14.5. The Morgan fingerprint density at radius 2 is 1.85 bits per heavy atom. The van der Waals surface area contributed by atoms with Crippen LogP contribution in [-0.4, -0.2) is 29.1 Å². The van der Waals surface area contributed by atoms with Gasteiger partial charge >= 0.3 is 6.03 Å². The number of carbonyl (C=O) groups excluding carboxylic acids is 2. The molecule has 5 rings (SSSR count). The predicted octanol–water partition coefficient (Wildman–Crippen LogP) is 5.56. The third-order valence-corrected chi connectivity index (χ3v) is 7.63. The zero-order valence-electron chi connectivity index (χ0n) is 18.8. The summed E-state index contributed by atoms with van der Waals surface area (Å²) in [6.07, 6.45) is 0. The van der Waals surface area contributed by atoms with E-state index in [4.69, 9.17) is 0 Å². The van der Waals surface area contributed by atoms with Gasteiger partial charge in [-0.2, -0.15) is 0 Å². The minimum atomic E-state index is -1.24. The maximum absolute atomic E-state index is 14.5. The lowest BCUT2D eigenvalue weighted by Gasteiger charge is -2.33. The van der Waals surface area contributed by atoms with Crippen molar-refractivity contribution in [2.24, 2.45) is 0 Å². The highest BCUT2D eigenvalue weighted by molar-refractivity contribution is 8.01. The van der Waals surface area contributed by atoms with Crippen molar-refractivity contribution >= 4 is 35.1 Å². The van der Waals surface area contributed by atoms with Gasteiger partial charge in [0.05, 0.1) is 12.2 Å². The van der Waals surface area contributed by atoms with Gasteiger partial charge in [-0.15, -0.1) is 11.8 Å². The molecule has 174 valence electrons. The lowest BCUT2D eigenvalue weighted by molar-refractivity contribution is -0.123. The molecule has 3 amide bonds. The number of aryl methyl sites for hydroxylation is 2. The van der Waals surface area contributed by atoms with E-state index in [9.17, 15) is 18.4 Å². The normalized spacial score (nSPS) is 19.1. The largest absolute Gasteiger partial charge is 0.323 e. The van der Waals surface area contributed by atoms with Crippen LogP contribution in [0.1, 0.15) is 22.3 Å². The zero-order valence-corrected chi connectivity index (χ0v) is 19.6. The Balaban J connectivity index is 1.54. The van der Waals surface area contributed by atoms with Crippen LogP contribution in [0.15, 0.2) is 60.7 Å². The van der Waals surface area contributed by atoms with Crippen LogP contribution in [0.25, 0.3) is 0 Å². The first-order valence-electron chi connectivity index (χ1n) is 11.0. The molecule has 0 bridgehead atoms. The van der Waals surface area contributed by atoms with Gasteiger partial charge in [-0.25, -0.2) is 13.6 Å². The summed E-state index contributed by atoms with van der Waals surface area (Å²) < 4.78 is 27.9. The summed E-state index contributed by atoms with van der Waals surface area (Å²) >= 11 is 1.40. The first kappa shape index (κ1) is 22.4. The lowest BCUT2D eigenvalue weighted by atomic mass is 10.0. The van der Waals surface area contributed by atoms with E-state index in [1.54, 1.807) is 11.0 Å². The van der Waals surface area contributed by atoms with E-state index in [1.807, 2.05) is 50.2 Å². The molecule has 1 fully saturated rings. The van der Waals surface area contributed by atoms with Crippen LogP contribution in [0, 0.1) is 25.5 Å². The average molecular weight is 480 g/mol. The van der Waals surface area contributed by atoms with Crippen LogP contribution in [0.5, 0.6) is 0 Å². The fourth-order valence-electron chi connectivity index (χ4n) is 4.62. The molecule has 1 spiro atoms. The molecule has 0 aliphatic carbocycles. The third kappa shape index (κ3) is 3.62. The molecule has 1 atom stereocenters. The van der Waals surface area contributed by atoms with E-state index >= 15 is 0 Å². The van der Waals surface area contributed by atoms with E-state index in [0.717, 1.165) is 17.2 Å². The van der Waals surface area contributed by atoms with Gasteiger partial charge in [-0.05, 0) is 43.7 Å². The number of nitrogens with zero attached hydrogens (tertiary/aromatic N) is 2. The Labute approximate surface area is 200 Å². The van der Waals surface area contributed by atoms with Gasteiger partial charge in [0.2, 0.25) is 0 Å². The number of hydrogen-bond donors (Lipinski definition) is 1. The minimum Gasteiger partial charge on any atom is -0.308 e. The van der Waals surface area contributed by atoms with Gasteiger partial charge in [-0.3, -0.25) is 9.69 Å². The summed E-state index contributed by atoms with van der Waals surface area (Å²) in [5.74, 6) is -1.11. The molecule has 0 saturated carbocycles. The van der Waals surface area contributed by atoms with Crippen molar-refractivity contribution in [2.45, 2.75) is 25.3 Å². The standard InChI is InChI=1S/C26H23F2N3O2S/c1-16-4-3-5-20(12-16)29-25(33)31-10-11-34-26(31)21-13-17(2)6-9-23(21)30(24(26)32)15-18-7-8-19(27)14-22(18)28/h3-9,12-14H,10-11,15H2,1-2H3,(H,29,33). The van der Waals surface area contributed by atoms with Crippen LogP contribution in [0.4, 0.5) is 25.0 Å². The number of thioether (sulfide) groups is 1. The summed E-state index contributed by atoms with van der Waals surface area (Å²) in [6, 6.07) is 16.1. The maximum Gasteiger partial charge on any atom is 0.323 e. The first-order chi connectivity index (χ1) is 16.3. The molecule has 2 heterocycles. The van der Waals surface area contributed by atoms with E-state index in [2.05, 4.69) is 5.32 Å². The number of anilines is 2. The number of nitrogens with one attached hydrogen (secondary N) is 1. The van der Waals surface area contributed by atoms with Gasteiger partial charge in [0.15, 0.2) is 4.87 Å². The number of benzene rings is 3. The summed E-state index contributed by atoms with van der Waals surface area (Å²) in [5, 5.41) is 2.92. The zero-order chi connectivity index (χ0) is 24.0. The van der Waals surface area contributed by atoms with Crippen LogP contribution in [-0.2, 0) is 16.2 Å². The summed E-state index contributed by atoms with van der Waals surface area (Å²) in [6.45, 7) is 4.20. The molecule has 3 aromatic carbocycles. The Kier molecular flexibility index (Phi) is 5.56. The Hall–Kier alpha value is -3.39. The Morgan fingerprint density at radius 3 is 2.62 bits per heavy atom. The molecule has 3 aromatic rings. The van der Waals surface area contributed by atoms with Crippen LogP contribution in [0.3, 0.4) is 0 Å². The molecule has 2 aliphatic heterocycles. The second kappa shape index (κ2) is 8.43. The van der Waals surface area contributed by atoms with Gasteiger partial charge in [0.1, 0.15) is 11.6 Å². The van der Waals surface area contributed by atoms with Crippen molar-refractivity contribution in [1.82, 2.24) is 4.90 Å². The number of amides is 3. The molecular formula is C26H23F2N3O2S. The van der Waals surface area contributed by atoms with Gasteiger partial charge in [0, 0.05) is 35.2 Å².